The highest BCUT2D eigenvalue weighted by molar-refractivity contribution is 9.10. The van der Waals surface area contributed by atoms with Gasteiger partial charge in [0.1, 0.15) is 5.82 Å². The molecule has 0 radical (unpaired) electrons. The summed E-state index contributed by atoms with van der Waals surface area (Å²) in [5.74, 6) is 1.02. The molecule has 0 bridgehead atoms. The lowest BCUT2D eigenvalue weighted by Crippen LogP contribution is -2.36. The fourth-order valence-corrected chi connectivity index (χ4v) is 4.34. The molecule has 1 aromatic carbocycles. The van der Waals surface area contributed by atoms with Crippen molar-refractivity contribution >= 4 is 27.7 Å². The second-order valence-electron chi connectivity index (χ2n) is 5.09. The summed E-state index contributed by atoms with van der Waals surface area (Å²) >= 11 is 5.33. The van der Waals surface area contributed by atoms with E-state index in [0.29, 0.717) is 11.3 Å². The van der Waals surface area contributed by atoms with Gasteiger partial charge in [-0.25, -0.2) is 4.39 Å². The predicted molar refractivity (Wildman–Crippen MR) is 85.2 cm³/mol. The minimum atomic E-state index is -0.132. The standard InChI is InChI=1S/C15H21BrFNS/c1-3-19-15-6-4-5-14(15)18-10(2)12-8-7-11(16)9-13(12)17/h7-10,14-15,18H,3-6H2,1-2H3. The van der Waals surface area contributed by atoms with E-state index < -0.39 is 0 Å². The largest absolute Gasteiger partial charge is 0.306 e. The highest BCUT2D eigenvalue weighted by atomic mass is 79.9. The Balaban J connectivity index is 2.02. The second-order valence-corrected chi connectivity index (χ2v) is 7.52. The SMILES string of the molecule is CCSC1CCCC1NC(C)c1ccc(Br)cc1F. The first-order valence-electron chi connectivity index (χ1n) is 6.94. The topological polar surface area (TPSA) is 12.0 Å². The van der Waals surface area contributed by atoms with Crippen molar-refractivity contribution in [3.05, 3.63) is 34.1 Å². The van der Waals surface area contributed by atoms with Crippen LogP contribution in [0.15, 0.2) is 22.7 Å². The van der Waals surface area contributed by atoms with E-state index in [-0.39, 0.29) is 11.9 Å². The van der Waals surface area contributed by atoms with E-state index in [1.165, 1.54) is 19.3 Å². The zero-order valence-electron chi connectivity index (χ0n) is 11.5. The molecule has 0 heterocycles. The van der Waals surface area contributed by atoms with E-state index in [2.05, 4.69) is 35.1 Å². The summed E-state index contributed by atoms with van der Waals surface area (Å²) in [6, 6.07) is 5.90. The molecular weight excluding hydrogens is 325 g/mol. The van der Waals surface area contributed by atoms with E-state index in [1.807, 2.05) is 23.9 Å². The maximum absolute atomic E-state index is 13.9. The molecule has 106 valence electrons. The van der Waals surface area contributed by atoms with Crippen molar-refractivity contribution in [2.75, 3.05) is 5.75 Å². The lowest BCUT2D eigenvalue weighted by atomic mass is 10.1. The monoisotopic (exact) mass is 345 g/mol. The van der Waals surface area contributed by atoms with Crippen LogP contribution in [0.1, 0.15) is 44.7 Å². The number of rotatable bonds is 5. The van der Waals surface area contributed by atoms with Gasteiger partial charge in [0, 0.05) is 27.4 Å². The molecule has 0 spiro atoms. The first-order valence-corrected chi connectivity index (χ1v) is 8.78. The molecule has 3 unspecified atom stereocenters. The van der Waals surface area contributed by atoms with Gasteiger partial charge >= 0.3 is 0 Å². The first-order chi connectivity index (χ1) is 9.11. The Hall–Kier alpha value is -0.0600. The van der Waals surface area contributed by atoms with Gasteiger partial charge in [0.15, 0.2) is 0 Å². The third-order valence-electron chi connectivity index (χ3n) is 3.73. The van der Waals surface area contributed by atoms with Gasteiger partial charge in [-0.2, -0.15) is 11.8 Å². The van der Waals surface area contributed by atoms with Gasteiger partial charge < -0.3 is 5.32 Å². The van der Waals surface area contributed by atoms with Crippen LogP contribution in [-0.4, -0.2) is 17.0 Å². The summed E-state index contributed by atoms with van der Waals surface area (Å²) in [6.07, 6.45) is 3.77. The Bertz CT molecular complexity index is 427. The van der Waals surface area contributed by atoms with Crippen molar-refractivity contribution in [2.24, 2.45) is 0 Å². The fraction of sp³-hybridized carbons (Fsp3) is 0.600. The number of halogens is 2. The minimum Gasteiger partial charge on any atom is -0.306 e. The Kier molecular flexibility index (Phi) is 5.72. The number of hydrogen-bond acceptors (Lipinski definition) is 2. The van der Waals surface area contributed by atoms with E-state index in [0.717, 1.165) is 15.8 Å². The van der Waals surface area contributed by atoms with E-state index in [9.17, 15) is 4.39 Å². The van der Waals surface area contributed by atoms with Gasteiger partial charge in [-0.15, -0.1) is 0 Å². The highest BCUT2D eigenvalue weighted by Crippen LogP contribution is 2.32. The van der Waals surface area contributed by atoms with Crippen LogP contribution in [-0.2, 0) is 0 Å². The van der Waals surface area contributed by atoms with E-state index in [1.54, 1.807) is 6.07 Å². The Morgan fingerprint density at radius 3 is 2.95 bits per heavy atom. The zero-order chi connectivity index (χ0) is 13.8. The van der Waals surface area contributed by atoms with E-state index in [4.69, 9.17) is 0 Å². The molecule has 0 amide bonds. The molecule has 2 rings (SSSR count). The molecular formula is C15H21BrFNS. The molecule has 1 fully saturated rings. The molecule has 1 saturated carbocycles. The van der Waals surface area contributed by atoms with Gasteiger partial charge in [-0.1, -0.05) is 35.3 Å². The van der Waals surface area contributed by atoms with Gasteiger partial charge in [-0.3, -0.25) is 0 Å². The number of hydrogen-bond donors (Lipinski definition) is 1. The molecule has 0 saturated heterocycles. The molecule has 4 heteroatoms. The Labute approximate surface area is 127 Å². The maximum atomic E-state index is 13.9. The van der Waals surface area contributed by atoms with Crippen molar-refractivity contribution in [1.82, 2.24) is 5.32 Å². The fourth-order valence-electron chi connectivity index (χ4n) is 2.79. The average Bonchev–Trinajstić information content (AvgIpc) is 2.77. The third kappa shape index (κ3) is 3.96. The first kappa shape index (κ1) is 15.3. The summed E-state index contributed by atoms with van der Waals surface area (Å²) in [5, 5.41) is 4.30. The smallest absolute Gasteiger partial charge is 0.129 e. The zero-order valence-corrected chi connectivity index (χ0v) is 13.9. The molecule has 19 heavy (non-hydrogen) atoms. The van der Waals surface area contributed by atoms with Crippen molar-refractivity contribution in [2.45, 2.75) is 50.4 Å². The number of thioether (sulfide) groups is 1. The van der Waals surface area contributed by atoms with Crippen molar-refractivity contribution in [3.63, 3.8) is 0 Å². The minimum absolute atomic E-state index is 0.0659. The van der Waals surface area contributed by atoms with Crippen LogP contribution in [0.2, 0.25) is 0 Å². The van der Waals surface area contributed by atoms with Crippen LogP contribution in [0.5, 0.6) is 0 Å². The second kappa shape index (κ2) is 7.09. The highest BCUT2D eigenvalue weighted by Gasteiger charge is 2.28. The third-order valence-corrected chi connectivity index (χ3v) is 5.55. The quantitative estimate of drug-likeness (QED) is 0.813. The lowest BCUT2D eigenvalue weighted by molar-refractivity contribution is 0.452. The number of nitrogens with one attached hydrogen (secondary N) is 1. The van der Waals surface area contributed by atoms with Crippen LogP contribution < -0.4 is 5.32 Å². The van der Waals surface area contributed by atoms with Gasteiger partial charge in [-0.05, 0) is 37.7 Å². The van der Waals surface area contributed by atoms with Crippen LogP contribution in [0, 0.1) is 5.82 Å². The van der Waals surface area contributed by atoms with Crippen molar-refractivity contribution in [3.8, 4) is 0 Å². The summed E-state index contributed by atoms with van der Waals surface area (Å²) in [5.41, 5.74) is 0.760. The average molecular weight is 346 g/mol. The molecule has 3 atom stereocenters. The Morgan fingerprint density at radius 1 is 1.47 bits per heavy atom. The van der Waals surface area contributed by atoms with Crippen molar-refractivity contribution in [1.29, 1.82) is 0 Å². The molecule has 1 aromatic rings. The Morgan fingerprint density at radius 2 is 2.26 bits per heavy atom. The van der Waals surface area contributed by atoms with Gasteiger partial charge in [0.05, 0.1) is 0 Å². The van der Waals surface area contributed by atoms with Crippen LogP contribution in [0.3, 0.4) is 0 Å². The van der Waals surface area contributed by atoms with E-state index >= 15 is 0 Å². The van der Waals surface area contributed by atoms with Crippen LogP contribution in [0.4, 0.5) is 4.39 Å². The van der Waals surface area contributed by atoms with Crippen molar-refractivity contribution < 1.29 is 4.39 Å². The molecule has 1 nitrogen and oxygen atoms in total. The van der Waals surface area contributed by atoms with Crippen LogP contribution in [0.25, 0.3) is 0 Å². The maximum Gasteiger partial charge on any atom is 0.129 e. The lowest BCUT2D eigenvalue weighted by Gasteiger charge is -2.25. The molecule has 0 aromatic heterocycles. The normalized spacial score (nSPS) is 24.6. The van der Waals surface area contributed by atoms with Gasteiger partial charge in [0.2, 0.25) is 0 Å². The molecule has 1 aliphatic carbocycles. The summed E-state index contributed by atoms with van der Waals surface area (Å²) in [7, 11) is 0. The molecule has 0 aliphatic heterocycles. The predicted octanol–water partition coefficient (Wildman–Crippen LogP) is 4.91. The summed E-state index contributed by atoms with van der Waals surface area (Å²) in [6.45, 7) is 4.26. The molecule has 1 N–H and O–H groups in total. The number of benzene rings is 1. The molecule has 1 aliphatic rings. The summed E-state index contributed by atoms with van der Waals surface area (Å²) in [4.78, 5) is 0. The summed E-state index contributed by atoms with van der Waals surface area (Å²) < 4.78 is 14.7. The van der Waals surface area contributed by atoms with Gasteiger partial charge in [0.25, 0.3) is 0 Å². The van der Waals surface area contributed by atoms with Crippen LogP contribution >= 0.6 is 27.7 Å².